The molecule has 21 heavy (non-hydrogen) atoms. The summed E-state index contributed by atoms with van der Waals surface area (Å²) < 4.78 is 11.9. The highest BCUT2D eigenvalue weighted by atomic mass is 16.7. The van der Waals surface area contributed by atoms with Gasteiger partial charge in [-0.1, -0.05) is 12.1 Å². The smallest absolute Gasteiger partial charge is 0.498 e. The SMILES string of the molecule is CC1(C)OB(c2cc3ccc(O)cc3cc2O)OC1(C)C. The Morgan fingerprint density at radius 1 is 0.857 bits per heavy atom. The minimum atomic E-state index is -0.604. The van der Waals surface area contributed by atoms with Crippen molar-refractivity contribution in [2.45, 2.75) is 38.9 Å². The van der Waals surface area contributed by atoms with Crippen LogP contribution in [0.25, 0.3) is 10.8 Å². The highest BCUT2D eigenvalue weighted by Gasteiger charge is 2.52. The third-order valence-electron chi connectivity index (χ3n) is 4.48. The fraction of sp³-hybridized carbons (Fsp3) is 0.375. The lowest BCUT2D eigenvalue weighted by Gasteiger charge is -2.32. The molecule has 0 unspecified atom stereocenters. The van der Waals surface area contributed by atoms with Crippen molar-refractivity contribution < 1.29 is 19.5 Å². The van der Waals surface area contributed by atoms with Crippen LogP contribution in [0.5, 0.6) is 11.5 Å². The summed E-state index contributed by atoms with van der Waals surface area (Å²) in [6, 6.07) is 8.50. The molecule has 2 N–H and O–H groups in total. The number of aromatic hydroxyl groups is 2. The minimum absolute atomic E-state index is 0.103. The Kier molecular flexibility index (Phi) is 2.97. The first-order valence-electron chi connectivity index (χ1n) is 7.01. The average Bonchev–Trinajstić information content (AvgIpc) is 2.57. The Labute approximate surface area is 124 Å². The van der Waals surface area contributed by atoms with Crippen LogP contribution in [-0.2, 0) is 9.31 Å². The largest absolute Gasteiger partial charge is 0.508 e. The predicted molar refractivity (Wildman–Crippen MR) is 83.0 cm³/mol. The first kappa shape index (κ1) is 14.2. The summed E-state index contributed by atoms with van der Waals surface area (Å²) >= 11 is 0. The Morgan fingerprint density at radius 3 is 2.10 bits per heavy atom. The molecule has 1 saturated heterocycles. The first-order chi connectivity index (χ1) is 9.69. The van der Waals surface area contributed by atoms with Gasteiger partial charge in [-0.2, -0.15) is 0 Å². The number of rotatable bonds is 1. The van der Waals surface area contributed by atoms with Crippen molar-refractivity contribution in [1.82, 2.24) is 0 Å². The number of fused-ring (bicyclic) bond motifs is 1. The highest BCUT2D eigenvalue weighted by Crippen LogP contribution is 2.37. The van der Waals surface area contributed by atoms with Crippen molar-refractivity contribution in [3.05, 3.63) is 30.3 Å². The van der Waals surface area contributed by atoms with E-state index in [0.29, 0.717) is 5.46 Å². The van der Waals surface area contributed by atoms with E-state index in [-0.39, 0.29) is 11.5 Å². The lowest BCUT2D eigenvalue weighted by molar-refractivity contribution is 0.00578. The molecule has 1 fully saturated rings. The predicted octanol–water partition coefficient (Wildman–Crippen LogP) is 2.55. The van der Waals surface area contributed by atoms with Gasteiger partial charge in [0.05, 0.1) is 11.2 Å². The summed E-state index contributed by atoms with van der Waals surface area (Å²) in [6.07, 6.45) is 0. The van der Waals surface area contributed by atoms with E-state index in [4.69, 9.17) is 9.31 Å². The second kappa shape index (κ2) is 4.39. The molecule has 2 aromatic rings. The number of phenolic OH excluding ortho intramolecular Hbond substituents is 2. The van der Waals surface area contributed by atoms with Gasteiger partial charge in [0, 0.05) is 5.46 Å². The van der Waals surface area contributed by atoms with E-state index >= 15 is 0 Å². The van der Waals surface area contributed by atoms with Crippen LogP contribution >= 0.6 is 0 Å². The maximum atomic E-state index is 10.3. The van der Waals surface area contributed by atoms with E-state index in [1.54, 1.807) is 24.3 Å². The summed E-state index contributed by atoms with van der Waals surface area (Å²) in [7, 11) is -0.604. The molecule has 0 bridgehead atoms. The standard InChI is InChI=1S/C16H19BO4/c1-15(2)16(3,4)21-17(20-15)13-8-10-5-6-12(18)7-11(10)9-14(13)19/h5-9,18-19H,1-4H3. The Bertz CT molecular complexity index is 693. The molecular weight excluding hydrogens is 267 g/mol. The molecule has 0 spiro atoms. The third kappa shape index (κ3) is 2.26. The zero-order valence-electron chi connectivity index (χ0n) is 12.7. The Balaban J connectivity index is 2.06. The molecule has 0 saturated carbocycles. The number of phenols is 2. The summed E-state index contributed by atoms with van der Waals surface area (Å²) in [4.78, 5) is 0. The van der Waals surface area contributed by atoms with Crippen LogP contribution in [0.4, 0.5) is 0 Å². The number of hydrogen-bond acceptors (Lipinski definition) is 4. The molecule has 0 atom stereocenters. The Hall–Kier alpha value is -1.72. The summed E-state index contributed by atoms with van der Waals surface area (Å²) in [5.74, 6) is 0.275. The van der Waals surface area contributed by atoms with Crippen molar-refractivity contribution in [2.75, 3.05) is 0 Å². The third-order valence-corrected chi connectivity index (χ3v) is 4.48. The minimum Gasteiger partial charge on any atom is -0.508 e. The first-order valence-corrected chi connectivity index (χ1v) is 7.01. The Morgan fingerprint density at radius 2 is 1.48 bits per heavy atom. The van der Waals surface area contributed by atoms with Crippen LogP contribution in [0.1, 0.15) is 27.7 Å². The number of hydrogen-bond donors (Lipinski definition) is 2. The molecule has 0 aliphatic carbocycles. The molecule has 4 nitrogen and oxygen atoms in total. The van der Waals surface area contributed by atoms with Crippen molar-refractivity contribution in [1.29, 1.82) is 0 Å². The van der Waals surface area contributed by atoms with Gasteiger partial charge in [0.1, 0.15) is 11.5 Å². The maximum Gasteiger partial charge on any atom is 0.498 e. The fourth-order valence-corrected chi connectivity index (χ4v) is 2.45. The van der Waals surface area contributed by atoms with Crippen LogP contribution in [-0.4, -0.2) is 28.5 Å². The van der Waals surface area contributed by atoms with Gasteiger partial charge in [-0.15, -0.1) is 0 Å². The van der Waals surface area contributed by atoms with Gasteiger partial charge in [0.25, 0.3) is 0 Å². The van der Waals surface area contributed by atoms with Crippen LogP contribution in [0.3, 0.4) is 0 Å². The second-order valence-electron chi connectivity index (χ2n) is 6.53. The van der Waals surface area contributed by atoms with E-state index in [2.05, 4.69) is 0 Å². The summed E-state index contributed by atoms with van der Waals surface area (Å²) in [6.45, 7) is 7.90. The van der Waals surface area contributed by atoms with Gasteiger partial charge in [0.2, 0.25) is 0 Å². The van der Waals surface area contributed by atoms with Gasteiger partial charge in [-0.05, 0) is 56.7 Å². The van der Waals surface area contributed by atoms with E-state index in [9.17, 15) is 10.2 Å². The van der Waals surface area contributed by atoms with E-state index < -0.39 is 18.3 Å². The molecule has 2 aromatic carbocycles. The van der Waals surface area contributed by atoms with Gasteiger partial charge >= 0.3 is 7.12 Å². The van der Waals surface area contributed by atoms with E-state index in [1.807, 2.05) is 33.8 Å². The average molecular weight is 286 g/mol. The molecule has 0 aromatic heterocycles. The lowest BCUT2D eigenvalue weighted by atomic mass is 9.77. The van der Waals surface area contributed by atoms with E-state index in [0.717, 1.165) is 10.8 Å². The molecule has 1 aliphatic rings. The van der Waals surface area contributed by atoms with Crippen LogP contribution in [0.15, 0.2) is 30.3 Å². The zero-order valence-corrected chi connectivity index (χ0v) is 12.7. The van der Waals surface area contributed by atoms with Gasteiger partial charge in [-0.3, -0.25) is 0 Å². The molecule has 5 heteroatoms. The molecule has 110 valence electrons. The van der Waals surface area contributed by atoms with Gasteiger partial charge in [-0.25, -0.2) is 0 Å². The van der Waals surface area contributed by atoms with Gasteiger partial charge < -0.3 is 19.5 Å². The maximum absolute atomic E-state index is 10.3. The molecule has 3 rings (SSSR count). The van der Waals surface area contributed by atoms with Crippen molar-refractivity contribution in [3.8, 4) is 11.5 Å². The monoisotopic (exact) mass is 286 g/mol. The van der Waals surface area contributed by atoms with E-state index in [1.165, 1.54) is 0 Å². The van der Waals surface area contributed by atoms with Crippen LogP contribution in [0, 0.1) is 0 Å². The topological polar surface area (TPSA) is 58.9 Å². The van der Waals surface area contributed by atoms with Crippen LogP contribution < -0.4 is 5.46 Å². The van der Waals surface area contributed by atoms with Crippen molar-refractivity contribution in [2.24, 2.45) is 0 Å². The molecular formula is C16H19BO4. The summed E-state index contributed by atoms with van der Waals surface area (Å²) in [5.41, 5.74) is -0.297. The second-order valence-corrected chi connectivity index (χ2v) is 6.53. The molecule has 0 amide bonds. The van der Waals surface area contributed by atoms with Crippen molar-refractivity contribution in [3.63, 3.8) is 0 Å². The fourth-order valence-electron chi connectivity index (χ4n) is 2.45. The van der Waals surface area contributed by atoms with Gasteiger partial charge in [0.15, 0.2) is 0 Å². The normalized spacial score (nSPS) is 20.1. The number of benzene rings is 2. The highest BCUT2D eigenvalue weighted by molar-refractivity contribution is 6.63. The molecule has 0 radical (unpaired) electrons. The molecule has 1 heterocycles. The molecule has 1 aliphatic heterocycles. The quantitative estimate of drug-likeness (QED) is 0.791. The van der Waals surface area contributed by atoms with Crippen molar-refractivity contribution >= 4 is 23.4 Å². The van der Waals surface area contributed by atoms with Crippen LogP contribution in [0.2, 0.25) is 0 Å². The lowest BCUT2D eigenvalue weighted by Crippen LogP contribution is -2.41. The zero-order chi connectivity index (χ0) is 15.4. The summed E-state index contributed by atoms with van der Waals surface area (Å²) in [5, 5.41) is 21.5.